The fourth-order valence-electron chi connectivity index (χ4n) is 5.95. The van der Waals surface area contributed by atoms with E-state index in [0.29, 0.717) is 32.5 Å². The fraction of sp³-hybridized carbons (Fsp3) is 0.395. The molecule has 9 heteroatoms. The maximum atomic E-state index is 13.4. The van der Waals surface area contributed by atoms with Gasteiger partial charge in [-0.3, -0.25) is 14.4 Å². The number of likely N-dealkylation sites (N-methyl/N-ethyl adjacent to an activating group) is 1. The van der Waals surface area contributed by atoms with E-state index in [2.05, 4.69) is 75.9 Å². The molecular formula is C38H49N6O3+. The summed E-state index contributed by atoms with van der Waals surface area (Å²) in [5.41, 5.74) is 8.57. The molecule has 0 bridgehead atoms. The highest BCUT2D eigenvalue weighted by atomic mass is 16.5. The van der Waals surface area contributed by atoms with E-state index < -0.39 is 0 Å². The Kier molecular flexibility index (Phi) is 10.7. The minimum absolute atomic E-state index is 0.121. The molecule has 248 valence electrons. The number of rotatable bonds is 12. The SMILES string of the molecule is Cc1cccc(OCCCC(=O)N2CCCc3c(-c4cnn(Cc5cccc(N(C)C(=O)NCC[N+](C)(C)C)c5)c4)cccc32)c1C. The van der Waals surface area contributed by atoms with Crippen LogP contribution in [-0.4, -0.2) is 80.6 Å². The van der Waals surface area contributed by atoms with Crippen LogP contribution in [0.5, 0.6) is 5.75 Å². The molecule has 2 heterocycles. The molecule has 3 aromatic carbocycles. The first-order valence-electron chi connectivity index (χ1n) is 16.6. The first kappa shape index (κ1) is 33.7. The molecule has 1 aliphatic heterocycles. The lowest BCUT2D eigenvalue weighted by atomic mass is 9.93. The van der Waals surface area contributed by atoms with Crippen LogP contribution in [-0.2, 0) is 17.8 Å². The van der Waals surface area contributed by atoms with Crippen molar-refractivity contribution in [3.63, 3.8) is 0 Å². The van der Waals surface area contributed by atoms with Crippen molar-refractivity contribution in [2.75, 3.05) is 64.2 Å². The predicted molar refractivity (Wildman–Crippen MR) is 189 cm³/mol. The third-order valence-electron chi connectivity index (χ3n) is 8.85. The number of hydrogen-bond acceptors (Lipinski definition) is 4. The van der Waals surface area contributed by atoms with Crippen molar-refractivity contribution in [1.29, 1.82) is 0 Å². The molecule has 0 saturated carbocycles. The molecule has 9 nitrogen and oxygen atoms in total. The van der Waals surface area contributed by atoms with Crippen LogP contribution in [0.2, 0.25) is 0 Å². The van der Waals surface area contributed by atoms with Crippen molar-refractivity contribution >= 4 is 23.3 Å². The number of benzene rings is 3. The lowest BCUT2D eigenvalue weighted by Crippen LogP contribution is -2.45. The Balaban J connectivity index is 1.21. The Hall–Kier alpha value is -4.63. The summed E-state index contributed by atoms with van der Waals surface area (Å²) in [6.45, 7) is 7.43. The summed E-state index contributed by atoms with van der Waals surface area (Å²) in [4.78, 5) is 29.7. The molecule has 1 N–H and O–H groups in total. The third kappa shape index (κ3) is 8.60. The second-order valence-corrected chi connectivity index (χ2v) is 13.5. The zero-order valence-corrected chi connectivity index (χ0v) is 28.8. The van der Waals surface area contributed by atoms with Gasteiger partial charge in [0.25, 0.3) is 0 Å². The van der Waals surface area contributed by atoms with Crippen LogP contribution in [0.3, 0.4) is 0 Å². The van der Waals surface area contributed by atoms with E-state index in [0.717, 1.165) is 69.8 Å². The third-order valence-corrected chi connectivity index (χ3v) is 8.85. The van der Waals surface area contributed by atoms with Crippen molar-refractivity contribution < 1.29 is 18.8 Å². The normalized spacial score (nSPS) is 12.9. The maximum absolute atomic E-state index is 13.4. The number of ether oxygens (including phenoxy) is 1. The van der Waals surface area contributed by atoms with E-state index in [1.165, 1.54) is 11.1 Å². The number of urea groups is 1. The van der Waals surface area contributed by atoms with Crippen LogP contribution in [0.15, 0.2) is 73.1 Å². The smallest absolute Gasteiger partial charge is 0.321 e. The van der Waals surface area contributed by atoms with E-state index in [1.54, 1.807) is 11.9 Å². The number of nitrogens with zero attached hydrogens (tertiary/aromatic N) is 5. The molecule has 5 rings (SSSR count). The Bertz CT molecular complexity index is 1710. The summed E-state index contributed by atoms with van der Waals surface area (Å²) in [5.74, 6) is 1.02. The fourth-order valence-corrected chi connectivity index (χ4v) is 5.95. The molecule has 0 radical (unpaired) electrons. The highest BCUT2D eigenvalue weighted by Gasteiger charge is 2.25. The van der Waals surface area contributed by atoms with Crippen LogP contribution in [0, 0.1) is 13.8 Å². The number of amides is 3. The van der Waals surface area contributed by atoms with Gasteiger partial charge in [-0.15, -0.1) is 0 Å². The van der Waals surface area contributed by atoms with Crippen molar-refractivity contribution in [1.82, 2.24) is 15.1 Å². The van der Waals surface area contributed by atoms with Gasteiger partial charge in [0.2, 0.25) is 5.91 Å². The largest absolute Gasteiger partial charge is 0.493 e. The van der Waals surface area contributed by atoms with Gasteiger partial charge in [0.15, 0.2) is 0 Å². The van der Waals surface area contributed by atoms with Gasteiger partial charge >= 0.3 is 6.03 Å². The monoisotopic (exact) mass is 637 g/mol. The Morgan fingerprint density at radius 3 is 2.64 bits per heavy atom. The Labute approximate surface area is 279 Å². The van der Waals surface area contributed by atoms with Crippen LogP contribution >= 0.6 is 0 Å². The minimum Gasteiger partial charge on any atom is -0.493 e. The van der Waals surface area contributed by atoms with E-state index in [4.69, 9.17) is 4.74 Å². The van der Waals surface area contributed by atoms with Gasteiger partial charge in [-0.25, -0.2) is 4.79 Å². The van der Waals surface area contributed by atoms with Crippen molar-refractivity contribution in [3.8, 4) is 16.9 Å². The minimum atomic E-state index is -0.121. The van der Waals surface area contributed by atoms with Gasteiger partial charge in [0.1, 0.15) is 5.75 Å². The Morgan fingerprint density at radius 2 is 1.83 bits per heavy atom. The van der Waals surface area contributed by atoms with Crippen LogP contribution in [0.4, 0.5) is 16.2 Å². The van der Waals surface area contributed by atoms with Crippen molar-refractivity contribution in [2.24, 2.45) is 0 Å². The molecular weight excluding hydrogens is 588 g/mol. The first-order chi connectivity index (χ1) is 22.5. The predicted octanol–water partition coefficient (Wildman–Crippen LogP) is 6.21. The summed E-state index contributed by atoms with van der Waals surface area (Å²) >= 11 is 0. The van der Waals surface area contributed by atoms with E-state index in [9.17, 15) is 9.59 Å². The quantitative estimate of drug-likeness (QED) is 0.148. The number of aromatic nitrogens is 2. The molecule has 0 saturated heterocycles. The summed E-state index contributed by atoms with van der Waals surface area (Å²) in [6, 6.07) is 20.2. The van der Waals surface area contributed by atoms with Crippen LogP contribution in [0.25, 0.3) is 11.1 Å². The molecule has 1 aliphatic rings. The van der Waals surface area contributed by atoms with Gasteiger partial charge in [-0.05, 0) is 85.2 Å². The van der Waals surface area contributed by atoms with Crippen molar-refractivity contribution in [2.45, 2.75) is 46.1 Å². The maximum Gasteiger partial charge on any atom is 0.321 e. The zero-order valence-electron chi connectivity index (χ0n) is 28.8. The second kappa shape index (κ2) is 14.9. The lowest BCUT2D eigenvalue weighted by Gasteiger charge is -2.31. The van der Waals surface area contributed by atoms with E-state index >= 15 is 0 Å². The van der Waals surface area contributed by atoms with Gasteiger partial charge < -0.3 is 19.4 Å². The highest BCUT2D eigenvalue weighted by Crippen LogP contribution is 2.36. The number of aryl methyl sites for hydroxylation is 1. The number of nitrogens with one attached hydrogen (secondary N) is 1. The van der Waals surface area contributed by atoms with E-state index in [-0.39, 0.29) is 11.9 Å². The molecule has 0 unspecified atom stereocenters. The zero-order chi connectivity index (χ0) is 33.6. The van der Waals surface area contributed by atoms with Crippen molar-refractivity contribution in [3.05, 3.63) is 95.3 Å². The summed E-state index contributed by atoms with van der Waals surface area (Å²) < 4.78 is 8.72. The highest BCUT2D eigenvalue weighted by molar-refractivity contribution is 5.96. The molecule has 1 aromatic heterocycles. The summed E-state index contributed by atoms with van der Waals surface area (Å²) in [7, 11) is 8.11. The average molecular weight is 638 g/mol. The topological polar surface area (TPSA) is 79.7 Å². The van der Waals surface area contributed by atoms with Gasteiger partial charge in [0, 0.05) is 43.1 Å². The summed E-state index contributed by atoms with van der Waals surface area (Å²) in [6.07, 6.45) is 6.92. The molecule has 0 spiro atoms. The molecule has 0 atom stereocenters. The Morgan fingerprint density at radius 1 is 1.04 bits per heavy atom. The van der Waals surface area contributed by atoms with Crippen LogP contribution in [0.1, 0.15) is 41.5 Å². The molecule has 0 fully saturated rings. The molecule has 4 aromatic rings. The van der Waals surface area contributed by atoms with E-state index in [1.807, 2.05) is 52.2 Å². The lowest BCUT2D eigenvalue weighted by molar-refractivity contribution is -0.869. The van der Waals surface area contributed by atoms with Crippen LogP contribution < -0.4 is 19.9 Å². The second-order valence-electron chi connectivity index (χ2n) is 13.5. The van der Waals surface area contributed by atoms with Gasteiger partial charge in [-0.1, -0.05) is 36.4 Å². The first-order valence-corrected chi connectivity index (χ1v) is 16.6. The number of quaternary nitrogens is 1. The number of fused-ring (bicyclic) bond motifs is 1. The van der Waals surface area contributed by atoms with Gasteiger partial charge in [-0.2, -0.15) is 5.10 Å². The number of carbonyl (C=O) groups excluding carboxylic acids is 2. The average Bonchev–Trinajstić information content (AvgIpc) is 3.51. The van der Waals surface area contributed by atoms with Gasteiger partial charge in [0.05, 0.1) is 53.6 Å². The number of carbonyl (C=O) groups is 2. The molecule has 47 heavy (non-hydrogen) atoms. The summed E-state index contributed by atoms with van der Waals surface area (Å²) in [5, 5.41) is 7.69. The molecule has 3 amide bonds. The molecule has 0 aliphatic carbocycles. The standard InChI is InChI=1S/C38H48N6O3/c1-28-12-7-18-36(29(28)2)47-23-11-19-37(45)43-21-10-16-34-33(15-9-17-35(34)43)31-25-40-42(27-31)26-30-13-8-14-32(24-30)41(3)38(46)39-20-22-44(4,5)6/h7-9,12-15,17-18,24-25,27H,10-11,16,19-23,26H2,1-6H3/p+1. The number of anilines is 2. The number of hydrogen-bond donors (Lipinski definition) is 1.